The van der Waals surface area contributed by atoms with Crippen LogP contribution in [0, 0.1) is 29.1 Å². The molecule has 8 rings (SSSR count). The largest absolute Gasteiger partial charge is 0.479 e. The van der Waals surface area contributed by atoms with E-state index in [1.807, 2.05) is 5.32 Å². The van der Waals surface area contributed by atoms with Gasteiger partial charge in [0.25, 0.3) is 5.91 Å². The van der Waals surface area contributed by atoms with E-state index in [2.05, 4.69) is 0 Å². The standard InChI is InChI=1S/C39H28F5NO18/c40-18-17(19(41)21(43)22(44)20(18)42)33(52)45-23-15(60-38-29(51)25(47)27(49)32(62-38)35(55)56)8-7-14-30(23)59-16-9-10(58-37-28(50)24(46)26(48)31(61-37)34(53)54)5-6-13(16)39(14)12-4-2-1-3-11(12)36(57)63-39/h1-9,24-29,31-32,37-38,46-51H,(H,45,52)(H,53,54)(H,55,56)/t24-,25-,26-,27-,28+,29+,31-,32-,37+,38+,39?/m0/s1. The number of anilines is 1. The van der Waals surface area contributed by atoms with Crippen LogP contribution >= 0.6 is 0 Å². The van der Waals surface area contributed by atoms with E-state index < -0.39 is 148 Å². The minimum atomic E-state index is -2.61. The molecule has 1 amide bonds. The van der Waals surface area contributed by atoms with Crippen LogP contribution in [0.3, 0.4) is 0 Å². The number of rotatable bonds is 8. The molecule has 332 valence electrons. The van der Waals surface area contributed by atoms with Crippen LogP contribution < -0.4 is 19.5 Å². The number of halogens is 5. The number of hydrogen-bond acceptors (Lipinski definition) is 16. The summed E-state index contributed by atoms with van der Waals surface area (Å²) in [4.78, 5) is 50.9. The lowest BCUT2D eigenvalue weighted by atomic mass is 9.77. The van der Waals surface area contributed by atoms with Crippen LogP contribution in [0.4, 0.5) is 27.6 Å². The third kappa shape index (κ3) is 6.74. The number of carboxylic acids is 2. The molecule has 2 fully saturated rings. The van der Waals surface area contributed by atoms with Gasteiger partial charge in [0.2, 0.25) is 18.4 Å². The van der Waals surface area contributed by atoms with Crippen LogP contribution in [-0.2, 0) is 29.4 Å². The minimum absolute atomic E-state index is 0.0391. The van der Waals surface area contributed by atoms with Crippen molar-refractivity contribution in [2.24, 2.45) is 0 Å². The number of amides is 1. The first-order valence-corrected chi connectivity index (χ1v) is 18.1. The van der Waals surface area contributed by atoms with Crippen molar-refractivity contribution >= 4 is 29.5 Å². The van der Waals surface area contributed by atoms with Gasteiger partial charge >= 0.3 is 17.9 Å². The maximum Gasteiger partial charge on any atom is 0.340 e. The monoisotopic (exact) mass is 893 g/mol. The third-order valence-corrected chi connectivity index (χ3v) is 10.6. The lowest BCUT2D eigenvalue weighted by Gasteiger charge is -2.40. The van der Waals surface area contributed by atoms with E-state index in [1.54, 1.807) is 0 Å². The number of carbonyl (C=O) groups is 4. The molecule has 1 unspecified atom stereocenters. The van der Waals surface area contributed by atoms with Crippen molar-refractivity contribution in [3.63, 3.8) is 0 Å². The first kappa shape index (κ1) is 43.2. The number of carbonyl (C=O) groups excluding carboxylic acids is 2. The van der Waals surface area contributed by atoms with Gasteiger partial charge in [-0.05, 0) is 30.3 Å². The number of esters is 1. The van der Waals surface area contributed by atoms with Crippen molar-refractivity contribution in [2.75, 3.05) is 5.32 Å². The Morgan fingerprint density at radius 1 is 0.635 bits per heavy atom. The smallest absolute Gasteiger partial charge is 0.340 e. The van der Waals surface area contributed by atoms with Crippen LogP contribution in [0.2, 0.25) is 0 Å². The lowest BCUT2D eigenvalue weighted by Crippen LogP contribution is -2.61. The predicted molar refractivity (Wildman–Crippen MR) is 189 cm³/mol. The Balaban J connectivity index is 1.31. The van der Waals surface area contributed by atoms with Gasteiger partial charge in [0, 0.05) is 17.2 Å². The molecule has 63 heavy (non-hydrogen) atoms. The summed E-state index contributed by atoms with van der Waals surface area (Å²) in [5.41, 5.74) is -5.34. The Labute approximate surface area is 346 Å². The molecule has 0 aliphatic carbocycles. The highest BCUT2D eigenvalue weighted by molar-refractivity contribution is 6.07. The SMILES string of the molecule is O=C1OC2(c3ccc(O[C@@H]4O[C@H](C(=O)O)[C@@H](O)[C@H](O)[C@H]4O)cc3Oc3c2ccc(O[C@@H]2O[C@H](C(=O)O)[C@@H](O)[C@H](O)[C@H]2O)c3NC(=O)c2c(F)c(F)c(F)c(F)c2F)c2ccccc21. The van der Waals surface area contributed by atoms with Crippen molar-refractivity contribution in [3.05, 3.63) is 112 Å². The second-order valence-electron chi connectivity index (χ2n) is 14.3. The first-order chi connectivity index (χ1) is 29.8. The molecule has 4 heterocycles. The second kappa shape index (κ2) is 15.7. The van der Waals surface area contributed by atoms with Gasteiger partial charge < -0.3 is 74.6 Å². The number of carboxylic acid groups (broad SMARTS) is 2. The Bertz CT molecular complexity index is 2570. The van der Waals surface area contributed by atoms with E-state index in [1.165, 1.54) is 36.4 Å². The maximum absolute atomic E-state index is 15.1. The molecule has 4 aromatic carbocycles. The highest BCUT2D eigenvalue weighted by Crippen LogP contribution is 2.59. The molecule has 0 saturated carbocycles. The first-order valence-electron chi connectivity index (χ1n) is 18.1. The molecule has 0 bridgehead atoms. The highest BCUT2D eigenvalue weighted by atomic mass is 19.2. The summed E-state index contributed by atoms with van der Waals surface area (Å²) in [6.07, 6.45) is -21.7. The molecule has 2 saturated heterocycles. The molecular formula is C39H28F5NO18. The van der Waals surface area contributed by atoms with Gasteiger partial charge in [-0.25, -0.2) is 36.3 Å². The number of ether oxygens (including phenoxy) is 6. The Morgan fingerprint density at radius 3 is 1.76 bits per heavy atom. The summed E-state index contributed by atoms with van der Waals surface area (Å²) in [5.74, 6) is -21.7. The van der Waals surface area contributed by atoms with Crippen molar-refractivity contribution in [1.29, 1.82) is 0 Å². The molecule has 4 aliphatic heterocycles. The van der Waals surface area contributed by atoms with E-state index >= 15 is 8.78 Å². The minimum Gasteiger partial charge on any atom is -0.479 e. The fraction of sp³-hybridized carbons (Fsp3) is 0.282. The van der Waals surface area contributed by atoms with Gasteiger partial charge in [0.05, 0.1) is 11.1 Å². The van der Waals surface area contributed by atoms with Crippen molar-refractivity contribution in [2.45, 2.75) is 67.0 Å². The number of benzene rings is 4. The van der Waals surface area contributed by atoms with Gasteiger partial charge in [-0.1, -0.05) is 18.2 Å². The number of nitrogens with one attached hydrogen (secondary N) is 1. The average Bonchev–Trinajstić information content (AvgIpc) is 3.54. The zero-order valence-electron chi connectivity index (χ0n) is 31.0. The van der Waals surface area contributed by atoms with Crippen LogP contribution in [0.15, 0.2) is 54.6 Å². The van der Waals surface area contributed by atoms with Gasteiger partial charge in [-0.15, -0.1) is 0 Å². The van der Waals surface area contributed by atoms with Crippen LogP contribution in [0.5, 0.6) is 23.0 Å². The lowest BCUT2D eigenvalue weighted by molar-refractivity contribution is -0.271. The number of aliphatic hydroxyl groups excluding tert-OH is 6. The van der Waals surface area contributed by atoms with Gasteiger partial charge in [-0.3, -0.25) is 4.79 Å². The van der Waals surface area contributed by atoms with E-state index in [4.69, 9.17) is 28.4 Å². The van der Waals surface area contributed by atoms with Gasteiger partial charge in [-0.2, -0.15) is 0 Å². The topological polar surface area (TPSA) is 298 Å². The quantitative estimate of drug-likeness (QED) is 0.0510. The van der Waals surface area contributed by atoms with E-state index in [-0.39, 0.29) is 28.0 Å². The average molecular weight is 894 g/mol. The normalized spacial score (nSPS) is 29.4. The molecule has 1 spiro atoms. The maximum atomic E-state index is 15.1. The fourth-order valence-corrected chi connectivity index (χ4v) is 7.53. The molecular weight excluding hydrogens is 865 g/mol. The van der Waals surface area contributed by atoms with Gasteiger partial charge in [0.15, 0.2) is 46.8 Å². The summed E-state index contributed by atoms with van der Waals surface area (Å²) in [6, 6.07) is 11.3. The fourth-order valence-electron chi connectivity index (χ4n) is 7.53. The highest BCUT2D eigenvalue weighted by Gasteiger charge is 2.55. The zero-order chi connectivity index (χ0) is 45.6. The third-order valence-electron chi connectivity index (χ3n) is 10.6. The van der Waals surface area contributed by atoms with Crippen LogP contribution in [0.1, 0.15) is 37.4 Å². The van der Waals surface area contributed by atoms with Crippen LogP contribution in [0.25, 0.3) is 0 Å². The summed E-state index contributed by atoms with van der Waals surface area (Å²) < 4.78 is 107. The Morgan fingerprint density at radius 2 is 1.17 bits per heavy atom. The Kier molecular flexibility index (Phi) is 10.7. The summed E-state index contributed by atoms with van der Waals surface area (Å²) >= 11 is 0. The number of aliphatic carboxylic acids is 2. The molecule has 11 atom stereocenters. The molecule has 4 aliphatic rings. The number of aliphatic hydroxyl groups is 6. The number of fused-ring (bicyclic) bond motifs is 6. The molecule has 0 radical (unpaired) electrons. The molecule has 19 nitrogen and oxygen atoms in total. The molecule has 0 aromatic heterocycles. The zero-order valence-corrected chi connectivity index (χ0v) is 31.0. The van der Waals surface area contributed by atoms with Crippen molar-refractivity contribution < 1.29 is 110 Å². The molecule has 24 heteroatoms. The Hall–Kier alpha value is -6.51. The van der Waals surface area contributed by atoms with Gasteiger partial charge in [0.1, 0.15) is 65.1 Å². The predicted octanol–water partition coefficient (Wildman–Crippen LogP) is 0.744. The van der Waals surface area contributed by atoms with Crippen molar-refractivity contribution in [3.8, 4) is 23.0 Å². The van der Waals surface area contributed by atoms with Crippen LogP contribution in [-0.4, -0.2) is 126 Å². The number of hydrogen-bond donors (Lipinski definition) is 9. The van der Waals surface area contributed by atoms with Crippen molar-refractivity contribution in [1.82, 2.24) is 0 Å². The van der Waals surface area contributed by atoms with E-state index in [0.29, 0.717) is 0 Å². The van der Waals surface area contributed by atoms with E-state index in [0.717, 1.165) is 18.2 Å². The van der Waals surface area contributed by atoms with E-state index in [9.17, 15) is 73.2 Å². The second-order valence-corrected chi connectivity index (χ2v) is 14.3. The summed E-state index contributed by atoms with van der Waals surface area (Å²) in [6.45, 7) is 0. The molecule has 4 aromatic rings. The summed E-state index contributed by atoms with van der Waals surface area (Å²) in [5, 5.41) is 83.5. The molecule has 9 N–H and O–H groups in total. The summed E-state index contributed by atoms with van der Waals surface area (Å²) in [7, 11) is 0.